The second-order valence-electron chi connectivity index (χ2n) is 3.56. The molecule has 1 aromatic rings. The molecule has 2 rings (SSSR count). The summed E-state index contributed by atoms with van der Waals surface area (Å²) in [5.74, 6) is 0. The van der Waals surface area contributed by atoms with Crippen molar-refractivity contribution in [2.75, 3.05) is 18.1 Å². The number of carbonyl (C=O) groups excluding carboxylic acids is 1. The number of hydrogen-bond donors (Lipinski definition) is 1. The molecule has 1 aromatic carbocycles. The fourth-order valence-corrected chi connectivity index (χ4v) is 1.97. The van der Waals surface area contributed by atoms with Gasteiger partial charge in [0.05, 0.1) is 30.0 Å². The van der Waals surface area contributed by atoms with E-state index in [0.717, 1.165) is 0 Å². The van der Waals surface area contributed by atoms with E-state index in [2.05, 4.69) is 0 Å². The zero-order valence-electron chi connectivity index (χ0n) is 8.60. The van der Waals surface area contributed by atoms with Crippen molar-refractivity contribution in [2.45, 2.75) is 12.5 Å². The molecule has 1 aliphatic heterocycles. The maximum absolute atomic E-state index is 11.7. The molecule has 0 spiro atoms. The number of cyclic esters (lactones) is 1. The summed E-state index contributed by atoms with van der Waals surface area (Å²) >= 11 is 6.01. The Morgan fingerprint density at radius 1 is 1.50 bits per heavy atom. The molecule has 1 saturated heterocycles. The number of carbonyl (C=O) groups is 1. The Kier molecular flexibility index (Phi) is 3.31. The van der Waals surface area contributed by atoms with Crippen molar-refractivity contribution in [3.63, 3.8) is 0 Å². The number of para-hydroxylation sites is 1. The van der Waals surface area contributed by atoms with Crippen LogP contribution < -0.4 is 4.90 Å². The number of amides is 1. The lowest BCUT2D eigenvalue weighted by Crippen LogP contribution is -2.47. The van der Waals surface area contributed by atoms with Crippen molar-refractivity contribution in [1.82, 2.24) is 0 Å². The van der Waals surface area contributed by atoms with Gasteiger partial charge in [-0.05, 0) is 12.1 Å². The number of benzene rings is 1. The molecule has 1 heterocycles. The summed E-state index contributed by atoms with van der Waals surface area (Å²) in [5, 5.41) is 9.71. The lowest BCUT2D eigenvalue weighted by molar-refractivity contribution is 0.116. The smallest absolute Gasteiger partial charge is 0.414 e. The summed E-state index contributed by atoms with van der Waals surface area (Å²) in [7, 11) is 0. The van der Waals surface area contributed by atoms with Crippen molar-refractivity contribution in [2.24, 2.45) is 0 Å². The van der Waals surface area contributed by atoms with Gasteiger partial charge in [-0.25, -0.2) is 4.79 Å². The van der Waals surface area contributed by atoms with E-state index in [1.165, 1.54) is 4.90 Å². The van der Waals surface area contributed by atoms with E-state index in [9.17, 15) is 9.90 Å². The number of ether oxygens (including phenoxy) is 1. The standard InChI is InChI=1S/C11H12ClNO3/c12-9-3-1-2-4-10(9)13-8(7-14)5-6-16-11(13)15/h1-4,8,14H,5-7H2. The molecule has 1 aliphatic rings. The molecule has 1 fully saturated rings. The van der Waals surface area contributed by atoms with Gasteiger partial charge in [0, 0.05) is 6.42 Å². The minimum atomic E-state index is -0.460. The van der Waals surface area contributed by atoms with Crippen LogP contribution in [-0.2, 0) is 4.74 Å². The largest absolute Gasteiger partial charge is 0.449 e. The summed E-state index contributed by atoms with van der Waals surface area (Å²) in [6.07, 6.45) is 0.145. The van der Waals surface area contributed by atoms with E-state index < -0.39 is 6.09 Å². The van der Waals surface area contributed by atoms with Crippen molar-refractivity contribution in [1.29, 1.82) is 0 Å². The van der Waals surface area contributed by atoms with Crippen LogP contribution in [0.25, 0.3) is 0 Å². The Hall–Kier alpha value is -1.26. The molecule has 16 heavy (non-hydrogen) atoms. The number of anilines is 1. The highest BCUT2D eigenvalue weighted by Crippen LogP contribution is 2.29. The van der Waals surface area contributed by atoms with Crippen molar-refractivity contribution in [3.8, 4) is 0 Å². The second-order valence-corrected chi connectivity index (χ2v) is 3.97. The van der Waals surface area contributed by atoms with Crippen LogP contribution in [0.3, 0.4) is 0 Å². The van der Waals surface area contributed by atoms with Crippen molar-refractivity contribution < 1.29 is 14.6 Å². The minimum Gasteiger partial charge on any atom is -0.449 e. The topological polar surface area (TPSA) is 49.8 Å². The number of halogens is 1. The number of aliphatic hydroxyl groups excluding tert-OH is 1. The lowest BCUT2D eigenvalue weighted by atomic mass is 10.1. The molecule has 0 bridgehead atoms. The van der Waals surface area contributed by atoms with Crippen LogP contribution >= 0.6 is 11.6 Å². The molecular formula is C11H12ClNO3. The molecule has 5 heteroatoms. The van der Waals surface area contributed by atoms with Gasteiger partial charge in [0.1, 0.15) is 0 Å². The Morgan fingerprint density at radius 2 is 2.25 bits per heavy atom. The van der Waals surface area contributed by atoms with Gasteiger partial charge in [-0.15, -0.1) is 0 Å². The lowest BCUT2D eigenvalue weighted by Gasteiger charge is -2.34. The molecule has 1 amide bonds. The Morgan fingerprint density at radius 3 is 2.94 bits per heavy atom. The zero-order chi connectivity index (χ0) is 11.5. The molecular weight excluding hydrogens is 230 g/mol. The van der Waals surface area contributed by atoms with Gasteiger partial charge in [0.25, 0.3) is 0 Å². The molecule has 1 atom stereocenters. The fourth-order valence-electron chi connectivity index (χ4n) is 1.75. The zero-order valence-corrected chi connectivity index (χ0v) is 9.35. The van der Waals surface area contributed by atoms with Crippen LogP contribution in [-0.4, -0.2) is 30.5 Å². The van der Waals surface area contributed by atoms with Crippen LogP contribution in [0.2, 0.25) is 5.02 Å². The van der Waals surface area contributed by atoms with Crippen molar-refractivity contribution >= 4 is 23.4 Å². The average molecular weight is 242 g/mol. The van der Waals surface area contributed by atoms with Gasteiger partial charge in [0.15, 0.2) is 0 Å². The van der Waals surface area contributed by atoms with Crippen LogP contribution in [0.1, 0.15) is 6.42 Å². The van der Waals surface area contributed by atoms with Crippen LogP contribution in [0.5, 0.6) is 0 Å². The third-order valence-electron chi connectivity index (χ3n) is 2.56. The second kappa shape index (κ2) is 4.72. The average Bonchev–Trinajstić information content (AvgIpc) is 2.30. The SMILES string of the molecule is O=C1OCCC(CO)N1c1ccccc1Cl. The summed E-state index contributed by atoms with van der Waals surface area (Å²) in [4.78, 5) is 13.1. The van der Waals surface area contributed by atoms with E-state index in [4.69, 9.17) is 16.3 Å². The first-order valence-corrected chi connectivity index (χ1v) is 5.43. The third-order valence-corrected chi connectivity index (χ3v) is 2.88. The van der Waals surface area contributed by atoms with Crippen LogP contribution in [0.4, 0.5) is 10.5 Å². The predicted octanol–water partition coefficient (Wildman–Crippen LogP) is 2.05. The van der Waals surface area contributed by atoms with Gasteiger partial charge in [-0.3, -0.25) is 4.90 Å². The first-order valence-electron chi connectivity index (χ1n) is 5.05. The molecule has 86 valence electrons. The Labute approximate surface area is 98.4 Å². The number of rotatable bonds is 2. The summed E-state index contributed by atoms with van der Waals surface area (Å²) in [6.45, 7) is 0.241. The van der Waals surface area contributed by atoms with Gasteiger partial charge in [-0.2, -0.15) is 0 Å². The van der Waals surface area contributed by atoms with Gasteiger partial charge < -0.3 is 9.84 Å². The molecule has 0 radical (unpaired) electrons. The minimum absolute atomic E-state index is 0.0969. The maximum atomic E-state index is 11.7. The Balaban J connectivity index is 2.36. The predicted molar refractivity (Wildman–Crippen MR) is 60.8 cm³/mol. The number of nitrogens with zero attached hydrogens (tertiary/aromatic N) is 1. The molecule has 1 N–H and O–H groups in total. The van der Waals surface area contributed by atoms with E-state index in [1.54, 1.807) is 24.3 Å². The third kappa shape index (κ3) is 1.99. The van der Waals surface area contributed by atoms with E-state index in [1.807, 2.05) is 0 Å². The Bertz CT molecular complexity index is 397. The fraction of sp³-hybridized carbons (Fsp3) is 0.364. The highest BCUT2D eigenvalue weighted by molar-refractivity contribution is 6.33. The number of hydrogen-bond acceptors (Lipinski definition) is 3. The van der Waals surface area contributed by atoms with E-state index in [0.29, 0.717) is 23.7 Å². The summed E-state index contributed by atoms with van der Waals surface area (Å²) < 4.78 is 4.95. The van der Waals surface area contributed by atoms with Crippen molar-refractivity contribution in [3.05, 3.63) is 29.3 Å². The van der Waals surface area contributed by atoms with E-state index in [-0.39, 0.29) is 12.6 Å². The summed E-state index contributed by atoms with van der Waals surface area (Å²) in [5.41, 5.74) is 0.577. The molecule has 4 nitrogen and oxygen atoms in total. The normalized spacial score (nSPS) is 20.8. The quantitative estimate of drug-likeness (QED) is 0.862. The maximum Gasteiger partial charge on any atom is 0.414 e. The highest BCUT2D eigenvalue weighted by Gasteiger charge is 2.31. The monoisotopic (exact) mass is 241 g/mol. The number of aliphatic hydroxyl groups is 1. The van der Waals surface area contributed by atoms with E-state index >= 15 is 0 Å². The van der Waals surface area contributed by atoms with Crippen LogP contribution in [0, 0.1) is 0 Å². The first kappa shape index (κ1) is 11.2. The summed E-state index contributed by atoms with van der Waals surface area (Å²) in [6, 6.07) is 6.75. The first-order chi connectivity index (χ1) is 7.74. The van der Waals surface area contributed by atoms with Crippen LogP contribution in [0.15, 0.2) is 24.3 Å². The molecule has 1 unspecified atom stereocenters. The molecule has 0 aliphatic carbocycles. The van der Waals surface area contributed by atoms with Gasteiger partial charge >= 0.3 is 6.09 Å². The molecule has 0 aromatic heterocycles. The highest BCUT2D eigenvalue weighted by atomic mass is 35.5. The van der Waals surface area contributed by atoms with Gasteiger partial charge in [0.2, 0.25) is 0 Å². The molecule has 0 saturated carbocycles. The van der Waals surface area contributed by atoms with Gasteiger partial charge in [-0.1, -0.05) is 23.7 Å².